The van der Waals surface area contributed by atoms with Crippen LogP contribution in [0.5, 0.6) is 0 Å². The van der Waals surface area contributed by atoms with Gasteiger partial charge in [-0.15, -0.1) is 0 Å². The molecule has 1 amide bonds. The summed E-state index contributed by atoms with van der Waals surface area (Å²) in [6.45, 7) is 9.01. The van der Waals surface area contributed by atoms with Crippen molar-refractivity contribution in [3.8, 4) is 0 Å². The Balaban J connectivity index is 1.74. The monoisotopic (exact) mass is 338 g/mol. The van der Waals surface area contributed by atoms with Crippen molar-refractivity contribution in [1.29, 1.82) is 0 Å². The summed E-state index contributed by atoms with van der Waals surface area (Å²) in [4.78, 5) is 41.8. The molecule has 1 aromatic heterocycles. The van der Waals surface area contributed by atoms with Gasteiger partial charge < -0.3 is 15.0 Å². The highest BCUT2D eigenvalue weighted by atomic mass is 16.5. The number of morpholine rings is 1. The lowest BCUT2D eigenvalue weighted by atomic mass is 10.1. The molecule has 1 aliphatic rings. The van der Waals surface area contributed by atoms with E-state index in [-0.39, 0.29) is 24.5 Å². The largest absolute Gasteiger partial charge is 0.373 e. The third-order valence-electron chi connectivity index (χ3n) is 4.06. The molecule has 0 saturated carbocycles. The van der Waals surface area contributed by atoms with E-state index in [1.165, 1.54) is 0 Å². The second-order valence-corrected chi connectivity index (χ2v) is 6.41. The van der Waals surface area contributed by atoms with Crippen LogP contribution in [0.4, 0.5) is 0 Å². The molecule has 8 nitrogen and oxygen atoms in total. The predicted molar refractivity (Wildman–Crippen MR) is 90.2 cm³/mol. The molecule has 2 heterocycles. The minimum atomic E-state index is -0.560. The number of H-pyrrole nitrogens is 2. The van der Waals surface area contributed by atoms with Crippen molar-refractivity contribution in [1.82, 2.24) is 20.2 Å². The number of rotatable bonds is 6. The molecule has 1 saturated heterocycles. The molecule has 0 bridgehead atoms. The molecule has 24 heavy (non-hydrogen) atoms. The van der Waals surface area contributed by atoms with Crippen LogP contribution in [-0.4, -0.2) is 59.2 Å². The number of carbonyl (C=O) groups is 1. The van der Waals surface area contributed by atoms with E-state index >= 15 is 0 Å². The average Bonchev–Trinajstić information content (AvgIpc) is 2.46. The normalized spacial score (nSPS) is 21.6. The van der Waals surface area contributed by atoms with Gasteiger partial charge in [-0.3, -0.25) is 19.5 Å². The van der Waals surface area contributed by atoms with Gasteiger partial charge in [0.1, 0.15) is 0 Å². The van der Waals surface area contributed by atoms with Gasteiger partial charge in [0.2, 0.25) is 5.91 Å². The van der Waals surface area contributed by atoms with Crippen LogP contribution in [0.25, 0.3) is 0 Å². The lowest BCUT2D eigenvalue weighted by Crippen LogP contribution is -2.46. The fraction of sp³-hybridized carbons (Fsp3) is 0.688. The summed E-state index contributed by atoms with van der Waals surface area (Å²) in [5, 5.41) is 2.82. The second-order valence-electron chi connectivity index (χ2n) is 6.41. The number of hydrogen-bond acceptors (Lipinski definition) is 5. The first-order valence-electron chi connectivity index (χ1n) is 8.31. The van der Waals surface area contributed by atoms with Gasteiger partial charge >= 0.3 is 5.69 Å². The van der Waals surface area contributed by atoms with E-state index in [0.717, 1.165) is 26.1 Å². The summed E-state index contributed by atoms with van der Waals surface area (Å²) >= 11 is 0. The number of carbonyl (C=O) groups excluding carboxylic acids is 1. The Labute approximate surface area is 140 Å². The number of aromatic nitrogens is 2. The fourth-order valence-electron chi connectivity index (χ4n) is 3.06. The van der Waals surface area contributed by atoms with Crippen molar-refractivity contribution < 1.29 is 9.53 Å². The van der Waals surface area contributed by atoms with Gasteiger partial charge in [0.15, 0.2) is 0 Å². The molecule has 2 rings (SSSR count). The quantitative estimate of drug-likeness (QED) is 0.608. The zero-order valence-corrected chi connectivity index (χ0v) is 14.5. The molecule has 0 spiro atoms. The standard InChI is InChI=1S/C16H26N4O4/c1-10-8-20(9-11(2)24-10)6-4-5-17-14(21)7-13-12(3)18-16(23)19-15(13)22/h10-11H,4-9H2,1-3H3,(H,17,21)(H2,18,19,22,23)/t10-,11+. The maximum Gasteiger partial charge on any atom is 0.325 e. The fourth-order valence-corrected chi connectivity index (χ4v) is 3.06. The van der Waals surface area contributed by atoms with Gasteiger partial charge in [0.25, 0.3) is 5.56 Å². The maximum absolute atomic E-state index is 12.0. The van der Waals surface area contributed by atoms with Gasteiger partial charge in [0.05, 0.1) is 18.6 Å². The topological polar surface area (TPSA) is 107 Å². The molecule has 0 aliphatic carbocycles. The van der Waals surface area contributed by atoms with E-state index in [0.29, 0.717) is 17.8 Å². The molecule has 0 aromatic carbocycles. The van der Waals surface area contributed by atoms with Crippen LogP contribution in [0.3, 0.4) is 0 Å². The van der Waals surface area contributed by atoms with Crippen molar-refractivity contribution in [2.45, 2.75) is 45.8 Å². The van der Waals surface area contributed by atoms with E-state index in [1.54, 1.807) is 6.92 Å². The Morgan fingerprint density at radius 2 is 1.92 bits per heavy atom. The first-order chi connectivity index (χ1) is 11.3. The molecule has 1 fully saturated rings. The Morgan fingerprint density at radius 3 is 2.54 bits per heavy atom. The van der Waals surface area contributed by atoms with Crippen LogP contribution in [0.2, 0.25) is 0 Å². The third kappa shape index (κ3) is 5.31. The highest BCUT2D eigenvalue weighted by molar-refractivity contribution is 5.78. The van der Waals surface area contributed by atoms with Crippen molar-refractivity contribution in [3.05, 3.63) is 32.1 Å². The highest BCUT2D eigenvalue weighted by Crippen LogP contribution is 2.10. The van der Waals surface area contributed by atoms with Gasteiger partial charge in [-0.05, 0) is 27.2 Å². The molecular weight excluding hydrogens is 312 g/mol. The van der Waals surface area contributed by atoms with Crippen LogP contribution in [-0.2, 0) is 16.0 Å². The number of aromatic amines is 2. The number of aryl methyl sites for hydroxylation is 1. The third-order valence-corrected chi connectivity index (χ3v) is 4.06. The summed E-state index contributed by atoms with van der Waals surface area (Å²) in [5.74, 6) is -0.223. The van der Waals surface area contributed by atoms with Crippen molar-refractivity contribution >= 4 is 5.91 Å². The maximum atomic E-state index is 12.0. The number of nitrogens with zero attached hydrogens (tertiary/aromatic N) is 1. The summed E-state index contributed by atoms with van der Waals surface area (Å²) in [6.07, 6.45) is 1.27. The summed E-state index contributed by atoms with van der Waals surface area (Å²) in [6, 6.07) is 0. The molecule has 2 atom stereocenters. The van der Waals surface area contributed by atoms with Gasteiger partial charge in [-0.2, -0.15) is 0 Å². The first-order valence-corrected chi connectivity index (χ1v) is 8.31. The molecule has 1 aliphatic heterocycles. The van der Waals surface area contributed by atoms with Crippen molar-refractivity contribution in [2.24, 2.45) is 0 Å². The predicted octanol–water partition coefficient (Wildman–Crippen LogP) is -0.470. The second kappa shape index (κ2) is 8.25. The van der Waals surface area contributed by atoms with E-state index in [1.807, 2.05) is 0 Å². The molecule has 134 valence electrons. The minimum Gasteiger partial charge on any atom is -0.373 e. The number of hydrogen-bond donors (Lipinski definition) is 3. The highest BCUT2D eigenvalue weighted by Gasteiger charge is 2.21. The minimum absolute atomic E-state index is 0.0381. The summed E-state index contributed by atoms with van der Waals surface area (Å²) in [5.41, 5.74) is -0.351. The smallest absolute Gasteiger partial charge is 0.325 e. The van der Waals surface area contributed by atoms with Crippen LogP contribution in [0.15, 0.2) is 9.59 Å². The van der Waals surface area contributed by atoms with Crippen LogP contribution in [0.1, 0.15) is 31.5 Å². The van der Waals surface area contributed by atoms with Crippen molar-refractivity contribution in [2.75, 3.05) is 26.2 Å². The average molecular weight is 338 g/mol. The van der Waals surface area contributed by atoms with Crippen LogP contribution in [0, 0.1) is 6.92 Å². The van der Waals surface area contributed by atoms with Gasteiger partial charge in [0, 0.05) is 37.4 Å². The van der Waals surface area contributed by atoms with E-state index < -0.39 is 11.2 Å². The van der Waals surface area contributed by atoms with Crippen LogP contribution >= 0.6 is 0 Å². The Kier molecular flexibility index (Phi) is 6.33. The lowest BCUT2D eigenvalue weighted by Gasteiger charge is -2.35. The van der Waals surface area contributed by atoms with Crippen LogP contribution < -0.4 is 16.6 Å². The van der Waals surface area contributed by atoms with E-state index in [2.05, 4.69) is 34.0 Å². The first kappa shape index (κ1) is 18.4. The molecule has 8 heteroatoms. The van der Waals surface area contributed by atoms with Crippen molar-refractivity contribution in [3.63, 3.8) is 0 Å². The SMILES string of the molecule is Cc1[nH]c(=O)[nH]c(=O)c1CC(=O)NCCCN1C[C@@H](C)O[C@@H](C)C1. The summed E-state index contributed by atoms with van der Waals surface area (Å²) in [7, 11) is 0. The Morgan fingerprint density at radius 1 is 1.25 bits per heavy atom. The molecule has 3 N–H and O–H groups in total. The zero-order valence-electron chi connectivity index (χ0n) is 14.5. The Hall–Kier alpha value is -1.93. The Bertz CT molecular complexity index is 671. The summed E-state index contributed by atoms with van der Waals surface area (Å²) < 4.78 is 5.69. The lowest BCUT2D eigenvalue weighted by molar-refractivity contribution is -0.120. The number of nitrogens with one attached hydrogen (secondary N) is 3. The number of amides is 1. The molecule has 1 aromatic rings. The van der Waals surface area contributed by atoms with Gasteiger partial charge in [-0.25, -0.2) is 4.79 Å². The molecular formula is C16H26N4O4. The van der Waals surface area contributed by atoms with E-state index in [4.69, 9.17) is 4.74 Å². The molecule has 0 radical (unpaired) electrons. The van der Waals surface area contributed by atoms with Gasteiger partial charge in [-0.1, -0.05) is 0 Å². The zero-order chi connectivity index (χ0) is 17.7. The molecule has 0 unspecified atom stereocenters. The number of ether oxygens (including phenoxy) is 1. The van der Waals surface area contributed by atoms with E-state index in [9.17, 15) is 14.4 Å².